The molecule has 4 nitrogen and oxygen atoms in total. The number of aliphatic hydroxyl groups excluding tert-OH is 1. The zero-order chi connectivity index (χ0) is 14.0. The molecule has 0 bridgehead atoms. The Kier molecular flexibility index (Phi) is 4.88. The molecule has 0 amide bonds. The maximum absolute atomic E-state index is 10.1. The molecule has 0 aromatic rings. The maximum Gasteiger partial charge on any atom is 0.0900 e. The summed E-state index contributed by atoms with van der Waals surface area (Å²) in [6.07, 6.45) is 2.85. The fourth-order valence-electron chi connectivity index (χ4n) is 2.65. The van der Waals surface area contributed by atoms with Crippen LogP contribution < -0.4 is 0 Å². The topological polar surface area (TPSA) is 41.9 Å². The van der Waals surface area contributed by atoms with Gasteiger partial charge in [0.15, 0.2) is 0 Å². The number of morpholine rings is 1. The van der Waals surface area contributed by atoms with Crippen molar-refractivity contribution in [2.75, 3.05) is 26.2 Å². The largest absolute Gasteiger partial charge is 0.389 e. The van der Waals surface area contributed by atoms with Gasteiger partial charge in [0.1, 0.15) is 0 Å². The van der Waals surface area contributed by atoms with Crippen molar-refractivity contribution in [1.29, 1.82) is 0 Å². The van der Waals surface area contributed by atoms with Gasteiger partial charge in [0.05, 0.1) is 30.5 Å². The lowest BCUT2D eigenvalue weighted by atomic mass is 10.1. The number of ether oxygens (including phenoxy) is 2. The zero-order valence-corrected chi connectivity index (χ0v) is 12.8. The van der Waals surface area contributed by atoms with Gasteiger partial charge in [0.25, 0.3) is 0 Å². The molecule has 112 valence electrons. The first kappa shape index (κ1) is 15.2. The van der Waals surface area contributed by atoms with Gasteiger partial charge >= 0.3 is 0 Å². The summed E-state index contributed by atoms with van der Waals surface area (Å²) in [5.74, 6) is 0.758. The Morgan fingerprint density at radius 2 is 2.00 bits per heavy atom. The molecular formula is C15H29NO3. The first-order valence-electron chi connectivity index (χ1n) is 7.53. The van der Waals surface area contributed by atoms with E-state index in [4.69, 9.17) is 9.47 Å². The standard InChI is InChI=1S/C15H29NO3/c1-11-7-16(9-14(19-11)12-5-6-12)8-13(17)10-18-15(2,3)4/h11-14,17H,5-10H2,1-4H3/t11-,13-,14+/m1/s1. The summed E-state index contributed by atoms with van der Waals surface area (Å²) in [4.78, 5) is 2.33. The van der Waals surface area contributed by atoms with Crippen molar-refractivity contribution >= 4 is 0 Å². The minimum absolute atomic E-state index is 0.185. The molecule has 0 radical (unpaired) electrons. The monoisotopic (exact) mass is 271 g/mol. The lowest BCUT2D eigenvalue weighted by molar-refractivity contribution is -0.104. The third kappa shape index (κ3) is 5.38. The van der Waals surface area contributed by atoms with Crippen LogP contribution in [0.2, 0.25) is 0 Å². The summed E-state index contributed by atoms with van der Waals surface area (Å²) in [5.41, 5.74) is -0.185. The summed E-state index contributed by atoms with van der Waals surface area (Å²) in [6.45, 7) is 11.1. The van der Waals surface area contributed by atoms with Gasteiger partial charge in [-0.25, -0.2) is 0 Å². The average Bonchev–Trinajstić information content (AvgIpc) is 3.08. The fraction of sp³-hybridized carbons (Fsp3) is 1.00. The lowest BCUT2D eigenvalue weighted by Crippen LogP contribution is -2.50. The fourth-order valence-corrected chi connectivity index (χ4v) is 2.65. The van der Waals surface area contributed by atoms with Crippen molar-refractivity contribution in [3.05, 3.63) is 0 Å². The molecule has 0 aromatic heterocycles. The number of nitrogens with zero attached hydrogens (tertiary/aromatic N) is 1. The number of rotatable bonds is 5. The van der Waals surface area contributed by atoms with E-state index in [1.165, 1.54) is 12.8 Å². The molecule has 0 spiro atoms. The summed E-state index contributed by atoms with van der Waals surface area (Å²) in [5, 5.41) is 10.1. The minimum Gasteiger partial charge on any atom is -0.389 e. The van der Waals surface area contributed by atoms with E-state index < -0.39 is 6.10 Å². The predicted octanol–water partition coefficient (Wildman–Crippen LogP) is 1.66. The summed E-state index contributed by atoms with van der Waals surface area (Å²) >= 11 is 0. The van der Waals surface area contributed by atoms with Crippen LogP contribution in [0, 0.1) is 5.92 Å². The molecule has 1 aliphatic heterocycles. The molecule has 2 aliphatic rings. The zero-order valence-electron chi connectivity index (χ0n) is 12.8. The minimum atomic E-state index is -0.413. The van der Waals surface area contributed by atoms with E-state index in [-0.39, 0.29) is 11.7 Å². The van der Waals surface area contributed by atoms with E-state index in [0.717, 1.165) is 19.0 Å². The quantitative estimate of drug-likeness (QED) is 0.826. The number of hydrogen-bond donors (Lipinski definition) is 1. The molecule has 0 unspecified atom stereocenters. The van der Waals surface area contributed by atoms with Crippen molar-refractivity contribution in [2.45, 2.75) is 64.4 Å². The van der Waals surface area contributed by atoms with Crippen LogP contribution in [0.25, 0.3) is 0 Å². The van der Waals surface area contributed by atoms with Gasteiger partial charge in [-0.3, -0.25) is 4.90 Å². The molecule has 1 saturated heterocycles. The van der Waals surface area contributed by atoms with Crippen LogP contribution in [0.5, 0.6) is 0 Å². The maximum atomic E-state index is 10.1. The van der Waals surface area contributed by atoms with Gasteiger partial charge < -0.3 is 14.6 Å². The van der Waals surface area contributed by atoms with E-state index in [1.807, 2.05) is 20.8 Å². The SMILES string of the molecule is C[C@@H]1CN(C[C@@H](O)COC(C)(C)C)C[C@@H](C2CC2)O1. The predicted molar refractivity (Wildman–Crippen MR) is 75.2 cm³/mol. The van der Waals surface area contributed by atoms with Gasteiger partial charge in [-0.05, 0) is 46.5 Å². The van der Waals surface area contributed by atoms with Crippen LogP contribution in [0.4, 0.5) is 0 Å². The molecule has 2 fully saturated rings. The Hall–Kier alpha value is -0.160. The van der Waals surface area contributed by atoms with Crippen LogP contribution in [0.3, 0.4) is 0 Å². The second kappa shape index (κ2) is 6.08. The number of hydrogen-bond acceptors (Lipinski definition) is 4. The van der Waals surface area contributed by atoms with Gasteiger partial charge in [-0.15, -0.1) is 0 Å². The van der Waals surface area contributed by atoms with Crippen LogP contribution in [0.15, 0.2) is 0 Å². The van der Waals surface area contributed by atoms with Crippen LogP contribution in [0.1, 0.15) is 40.5 Å². The highest BCUT2D eigenvalue weighted by molar-refractivity contribution is 4.88. The molecule has 0 aromatic carbocycles. The molecule has 1 aliphatic carbocycles. The van der Waals surface area contributed by atoms with Crippen molar-refractivity contribution < 1.29 is 14.6 Å². The highest BCUT2D eigenvalue weighted by Crippen LogP contribution is 2.36. The Balaban J connectivity index is 1.74. The van der Waals surface area contributed by atoms with E-state index in [2.05, 4.69) is 11.8 Å². The van der Waals surface area contributed by atoms with Crippen molar-refractivity contribution in [3.63, 3.8) is 0 Å². The van der Waals surface area contributed by atoms with Gasteiger partial charge in [0.2, 0.25) is 0 Å². The highest BCUT2D eigenvalue weighted by Gasteiger charge is 2.37. The number of aliphatic hydroxyl groups is 1. The van der Waals surface area contributed by atoms with E-state index in [0.29, 0.717) is 19.3 Å². The number of β-amino-alcohol motifs (C(OH)–C–C–N with tert-alkyl or cyclic N) is 1. The molecule has 4 heteroatoms. The first-order chi connectivity index (χ1) is 8.83. The summed E-state index contributed by atoms with van der Waals surface area (Å²) < 4.78 is 11.6. The van der Waals surface area contributed by atoms with Crippen molar-refractivity contribution in [3.8, 4) is 0 Å². The smallest absolute Gasteiger partial charge is 0.0900 e. The Bertz CT molecular complexity index is 286. The van der Waals surface area contributed by atoms with Gasteiger partial charge in [-0.2, -0.15) is 0 Å². The molecular weight excluding hydrogens is 242 g/mol. The molecule has 1 heterocycles. The van der Waals surface area contributed by atoms with Crippen molar-refractivity contribution in [2.24, 2.45) is 5.92 Å². The molecule has 1 N–H and O–H groups in total. The summed E-state index contributed by atoms with van der Waals surface area (Å²) in [6, 6.07) is 0. The van der Waals surface area contributed by atoms with Crippen molar-refractivity contribution in [1.82, 2.24) is 4.90 Å². The summed E-state index contributed by atoms with van der Waals surface area (Å²) in [7, 11) is 0. The Morgan fingerprint density at radius 3 is 2.58 bits per heavy atom. The highest BCUT2D eigenvalue weighted by atomic mass is 16.5. The molecule has 1 saturated carbocycles. The Labute approximate surface area is 117 Å². The Morgan fingerprint density at radius 1 is 1.32 bits per heavy atom. The van der Waals surface area contributed by atoms with E-state index in [9.17, 15) is 5.11 Å². The van der Waals surface area contributed by atoms with Gasteiger partial charge in [-0.1, -0.05) is 0 Å². The lowest BCUT2D eigenvalue weighted by Gasteiger charge is -2.38. The van der Waals surface area contributed by atoms with Crippen LogP contribution in [-0.4, -0.2) is 60.2 Å². The molecule has 3 atom stereocenters. The third-order valence-electron chi connectivity index (χ3n) is 3.69. The van der Waals surface area contributed by atoms with E-state index >= 15 is 0 Å². The van der Waals surface area contributed by atoms with E-state index in [1.54, 1.807) is 0 Å². The van der Waals surface area contributed by atoms with Crippen LogP contribution >= 0.6 is 0 Å². The third-order valence-corrected chi connectivity index (χ3v) is 3.69. The normalized spacial score (nSPS) is 31.4. The van der Waals surface area contributed by atoms with Crippen LogP contribution in [-0.2, 0) is 9.47 Å². The second-order valence-electron chi connectivity index (χ2n) is 7.12. The average molecular weight is 271 g/mol. The second-order valence-corrected chi connectivity index (χ2v) is 7.12. The first-order valence-corrected chi connectivity index (χ1v) is 7.53. The molecule has 19 heavy (non-hydrogen) atoms. The van der Waals surface area contributed by atoms with Gasteiger partial charge in [0, 0.05) is 19.6 Å². The molecule has 2 rings (SSSR count).